The molecule has 29 heavy (non-hydrogen) atoms. The smallest absolute Gasteiger partial charge is 0.387 e. The molecule has 0 saturated carbocycles. The van der Waals surface area contributed by atoms with Gasteiger partial charge in [-0.2, -0.15) is 8.78 Å². The minimum Gasteiger partial charge on any atom is -0.485 e. The molecule has 2 aromatic carbocycles. The Kier molecular flexibility index (Phi) is 6.04. The summed E-state index contributed by atoms with van der Waals surface area (Å²) in [6.07, 6.45) is 0.0332. The van der Waals surface area contributed by atoms with Crippen molar-refractivity contribution < 1.29 is 36.6 Å². The summed E-state index contributed by atoms with van der Waals surface area (Å²) in [6.45, 7) is -3.03. The summed E-state index contributed by atoms with van der Waals surface area (Å²) >= 11 is 0. The van der Waals surface area contributed by atoms with Gasteiger partial charge in [0.25, 0.3) is 0 Å². The van der Waals surface area contributed by atoms with Gasteiger partial charge in [-0.15, -0.1) is 0 Å². The number of benzene rings is 2. The summed E-state index contributed by atoms with van der Waals surface area (Å²) in [5.41, 5.74) is 1.86. The molecule has 1 atom stereocenters. The maximum absolute atomic E-state index is 12.8. The molecule has 0 aliphatic carbocycles. The summed E-state index contributed by atoms with van der Waals surface area (Å²) in [6, 6.07) is 9.27. The molecular formula is C19H19F2NO6S. The van der Waals surface area contributed by atoms with E-state index in [1.165, 1.54) is 12.1 Å². The number of carboxylic acid groups (broad SMARTS) is 1. The van der Waals surface area contributed by atoms with E-state index in [1.54, 1.807) is 24.3 Å². The van der Waals surface area contributed by atoms with Crippen LogP contribution in [0.15, 0.2) is 36.4 Å². The summed E-state index contributed by atoms with van der Waals surface area (Å²) in [5.74, 6) is -1.08. The third-order valence-corrected chi connectivity index (χ3v) is 5.17. The van der Waals surface area contributed by atoms with Gasteiger partial charge in [-0.05, 0) is 36.1 Å². The fraction of sp³-hybridized carbons (Fsp3) is 0.316. The summed E-state index contributed by atoms with van der Waals surface area (Å²) < 4.78 is 59.1. The van der Waals surface area contributed by atoms with Crippen molar-refractivity contribution in [3.63, 3.8) is 0 Å². The van der Waals surface area contributed by atoms with Crippen LogP contribution in [0.1, 0.15) is 36.5 Å². The van der Waals surface area contributed by atoms with Crippen molar-refractivity contribution in [1.82, 2.24) is 0 Å². The Hall–Kier alpha value is -2.72. The van der Waals surface area contributed by atoms with Gasteiger partial charge in [-0.3, -0.25) is 4.79 Å². The number of hydrogen-bond donors (Lipinski definition) is 2. The van der Waals surface area contributed by atoms with E-state index < -0.39 is 34.5 Å². The Balaban J connectivity index is 2.06. The first kappa shape index (κ1) is 21.0. The van der Waals surface area contributed by atoms with Crippen molar-refractivity contribution in [3.8, 4) is 22.6 Å². The molecule has 1 unspecified atom stereocenters. The number of carbonyl (C=O) groups is 1. The van der Waals surface area contributed by atoms with Crippen LogP contribution < -0.4 is 14.6 Å². The number of primary sulfonamides is 1. The van der Waals surface area contributed by atoms with E-state index in [0.29, 0.717) is 40.8 Å². The first-order valence-corrected chi connectivity index (χ1v) is 10.5. The summed E-state index contributed by atoms with van der Waals surface area (Å²) in [5, 5.41) is 14.0. The molecule has 0 fully saturated rings. The van der Waals surface area contributed by atoms with E-state index in [2.05, 4.69) is 4.74 Å². The molecule has 7 nitrogen and oxygen atoms in total. The molecule has 3 N–H and O–H groups in total. The van der Waals surface area contributed by atoms with Gasteiger partial charge in [0, 0.05) is 12.0 Å². The number of ether oxygens (including phenoxy) is 2. The molecule has 0 bridgehead atoms. The Morgan fingerprint density at radius 1 is 1.28 bits per heavy atom. The largest absolute Gasteiger partial charge is 0.485 e. The summed E-state index contributed by atoms with van der Waals surface area (Å²) in [4.78, 5) is 10.8. The van der Waals surface area contributed by atoms with Crippen LogP contribution >= 0.6 is 0 Å². The van der Waals surface area contributed by atoms with Gasteiger partial charge < -0.3 is 14.6 Å². The van der Waals surface area contributed by atoms with Gasteiger partial charge in [-0.1, -0.05) is 24.3 Å². The minimum atomic E-state index is -3.78. The summed E-state index contributed by atoms with van der Waals surface area (Å²) in [7, 11) is -3.78. The lowest BCUT2D eigenvalue weighted by Gasteiger charge is -2.30. The predicted octanol–water partition coefficient (Wildman–Crippen LogP) is 3.43. The fourth-order valence-electron chi connectivity index (χ4n) is 3.37. The number of aliphatic carboxylic acids is 1. The standard InChI is InChI=1S/C19H19F2NO6S/c20-19(21)28-16-5-1-4-15-18(16)12-8-7-11(10-29(22,25)26)9-13(12)14(27-15)3-2-6-17(23)24/h1,4-5,7-9,14,19H,2-3,6,10H2,(H,23,24)(H2,22,25,26). The molecule has 0 radical (unpaired) electrons. The van der Waals surface area contributed by atoms with Crippen molar-refractivity contribution >= 4 is 16.0 Å². The lowest BCUT2D eigenvalue weighted by atomic mass is 9.89. The topological polar surface area (TPSA) is 116 Å². The van der Waals surface area contributed by atoms with Gasteiger partial charge in [0.15, 0.2) is 0 Å². The van der Waals surface area contributed by atoms with Crippen LogP contribution in [0.3, 0.4) is 0 Å². The van der Waals surface area contributed by atoms with E-state index in [-0.39, 0.29) is 12.2 Å². The van der Waals surface area contributed by atoms with E-state index in [0.717, 1.165) is 0 Å². The second-order valence-corrected chi connectivity index (χ2v) is 8.24. The van der Waals surface area contributed by atoms with Crippen LogP contribution in [-0.4, -0.2) is 26.1 Å². The minimum absolute atomic E-state index is 0.0620. The van der Waals surface area contributed by atoms with Crippen LogP contribution in [0.25, 0.3) is 11.1 Å². The van der Waals surface area contributed by atoms with Gasteiger partial charge in [0.2, 0.25) is 10.0 Å². The number of carboxylic acids is 1. The quantitative estimate of drug-likeness (QED) is 0.667. The first-order valence-electron chi connectivity index (χ1n) is 8.74. The molecule has 0 spiro atoms. The van der Waals surface area contributed by atoms with Crippen molar-refractivity contribution in [1.29, 1.82) is 0 Å². The highest BCUT2D eigenvalue weighted by atomic mass is 32.2. The lowest BCUT2D eigenvalue weighted by molar-refractivity contribution is -0.137. The Bertz CT molecular complexity index is 1030. The zero-order valence-electron chi connectivity index (χ0n) is 15.2. The van der Waals surface area contributed by atoms with E-state index in [1.807, 2.05) is 0 Å². The number of alkyl halides is 2. The monoisotopic (exact) mass is 427 g/mol. The van der Waals surface area contributed by atoms with E-state index >= 15 is 0 Å². The molecule has 1 aliphatic rings. The second kappa shape index (κ2) is 8.34. The molecule has 0 amide bonds. The van der Waals surface area contributed by atoms with Crippen LogP contribution in [0, 0.1) is 0 Å². The van der Waals surface area contributed by atoms with Crippen molar-refractivity contribution in [2.45, 2.75) is 37.7 Å². The molecule has 1 heterocycles. The molecule has 10 heteroatoms. The van der Waals surface area contributed by atoms with Gasteiger partial charge in [0.05, 0.1) is 11.3 Å². The van der Waals surface area contributed by atoms with Crippen LogP contribution in [0.5, 0.6) is 11.5 Å². The van der Waals surface area contributed by atoms with Crippen molar-refractivity contribution in [3.05, 3.63) is 47.5 Å². The molecule has 0 aromatic heterocycles. The number of nitrogens with two attached hydrogens (primary N) is 1. The van der Waals surface area contributed by atoms with Crippen LogP contribution in [-0.2, 0) is 20.6 Å². The predicted molar refractivity (Wildman–Crippen MR) is 100 cm³/mol. The normalized spacial score (nSPS) is 15.4. The van der Waals surface area contributed by atoms with Crippen LogP contribution in [0.2, 0.25) is 0 Å². The van der Waals surface area contributed by atoms with Gasteiger partial charge in [0.1, 0.15) is 17.6 Å². The van der Waals surface area contributed by atoms with E-state index in [4.69, 9.17) is 15.0 Å². The molecule has 1 aliphatic heterocycles. The fourth-order valence-corrected chi connectivity index (χ4v) is 4.01. The number of fused-ring (bicyclic) bond motifs is 3. The Labute approximate surface area is 166 Å². The third-order valence-electron chi connectivity index (χ3n) is 4.43. The molecular weight excluding hydrogens is 408 g/mol. The van der Waals surface area contributed by atoms with Gasteiger partial charge >= 0.3 is 12.6 Å². The third kappa shape index (κ3) is 5.21. The first-order chi connectivity index (χ1) is 13.6. The van der Waals surface area contributed by atoms with Gasteiger partial charge in [-0.25, -0.2) is 13.6 Å². The number of rotatable bonds is 8. The molecule has 3 rings (SSSR count). The highest BCUT2D eigenvalue weighted by molar-refractivity contribution is 7.88. The molecule has 0 saturated heterocycles. The highest BCUT2D eigenvalue weighted by Gasteiger charge is 2.29. The number of halogens is 2. The zero-order chi connectivity index (χ0) is 21.2. The second-order valence-electron chi connectivity index (χ2n) is 6.63. The zero-order valence-corrected chi connectivity index (χ0v) is 16.0. The lowest BCUT2D eigenvalue weighted by Crippen LogP contribution is -2.18. The van der Waals surface area contributed by atoms with E-state index in [9.17, 15) is 22.0 Å². The average molecular weight is 427 g/mol. The molecule has 156 valence electrons. The number of sulfonamides is 1. The number of hydrogen-bond acceptors (Lipinski definition) is 5. The van der Waals surface area contributed by atoms with Crippen molar-refractivity contribution in [2.24, 2.45) is 5.14 Å². The van der Waals surface area contributed by atoms with Crippen LogP contribution in [0.4, 0.5) is 8.78 Å². The highest BCUT2D eigenvalue weighted by Crippen LogP contribution is 2.48. The average Bonchev–Trinajstić information content (AvgIpc) is 2.59. The SMILES string of the molecule is NS(=O)(=O)Cc1ccc2c(c1)C(CCCC(=O)O)Oc1cccc(OC(F)F)c1-2. The maximum Gasteiger partial charge on any atom is 0.387 e. The molecule has 2 aromatic rings. The maximum atomic E-state index is 12.8. The Morgan fingerprint density at radius 3 is 2.69 bits per heavy atom. The van der Waals surface area contributed by atoms with Crippen molar-refractivity contribution in [2.75, 3.05) is 0 Å². The Morgan fingerprint density at radius 2 is 2.03 bits per heavy atom.